The summed E-state index contributed by atoms with van der Waals surface area (Å²) in [6, 6.07) is 6.43. The normalized spacial score (nSPS) is 24.0. The van der Waals surface area contributed by atoms with E-state index in [1.54, 1.807) is 6.20 Å². The summed E-state index contributed by atoms with van der Waals surface area (Å²) in [5.41, 5.74) is 4.01. The Bertz CT molecular complexity index is 1270. The second-order valence-electron chi connectivity index (χ2n) is 8.67. The van der Waals surface area contributed by atoms with Crippen LogP contribution in [0.2, 0.25) is 0 Å². The molecule has 0 unspecified atom stereocenters. The van der Waals surface area contributed by atoms with Crippen molar-refractivity contribution in [2.24, 2.45) is 0 Å². The van der Waals surface area contributed by atoms with E-state index in [9.17, 15) is 4.79 Å². The van der Waals surface area contributed by atoms with Gasteiger partial charge in [0.15, 0.2) is 0 Å². The van der Waals surface area contributed by atoms with Crippen molar-refractivity contribution in [3.8, 4) is 11.1 Å². The first-order chi connectivity index (χ1) is 14.6. The number of aromatic amines is 1. The minimum absolute atomic E-state index is 0.0265. The molecule has 1 saturated carbocycles. The van der Waals surface area contributed by atoms with Crippen LogP contribution in [0, 0.1) is 0 Å². The standard InChI is InChI=1S/C22H23N7O/c1-22(28-7-2-3-19(28)30)10-15(11-22)26-21-24-13-18-17(12-23-20(18)27-21)14-5-8-29-16(9-14)4-6-25-29/h4-6,8-9,12-13,15H,2-3,7,10-11H2,1H3,(H2,23,24,26,27)/t15-,22+. The molecule has 0 bridgehead atoms. The third-order valence-corrected chi connectivity index (χ3v) is 6.57. The van der Waals surface area contributed by atoms with E-state index >= 15 is 0 Å². The van der Waals surface area contributed by atoms with Crippen molar-refractivity contribution in [2.45, 2.75) is 44.2 Å². The second-order valence-corrected chi connectivity index (χ2v) is 8.67. The number of rotatable bonds is 4. The molecule has 2 aliphatic rings. The number of hydrogen-bond donors (Lipinski definition) is 2. The summed E-state index contributed by atoms with van der Waals surface area (Å²) in [4.78, 5) is 26.7. The molecule has 30 heavy (non-hydrogen) atoms. The Morgan fingerprint density at radius 2 is 2.20 bits per heavy atom. The van der Waals surface area contributed by atoms with Gasteiger partial charge in [-0.05, 0) is 49.9 Å². The van der Waals surface area contributed by atoms with Gasteiger partial charge in [-0.1, -0.05) is 0 Å². The van der Waals surface area contributed by atoms with Crippen LogP contribution in [-0.4, -0.2) is 53.5 Å². The summed E-state index contributed by atoms with van der Waals surface area (Å²) in [5, 5.41) is 8.68. The van der Waals surface area contributed by atoms with Gasteiger partial charge in [-0.15, -0.1) is 0 Å². The second kappa shape index (κ2) is 6.29. The number of likely N-dealkylation sites (tertiary alicyclic amines) is 1. The molecule has 6 rings (SSSR count). The van der Waals surface area contributed by atoms with Gasteiger partial charge in [0.2, 0.25) is 11.9 Å². The Morgan fingerprint density at radius 3 is 3.03 bits per heavy atom. The summed E-state index contributed by atoms with van der Waals surface area (Å²) in [6.45, 7) is 3.08. The molecule has 1 amide bonds. The molecule has 0 atom stereocenters. The SMILES string of the molecule is C[C@]1(N2CCCC2=O)C[C@@H](Nc2ncc3c(-c4ccn5nccc5c4)c[nH]c3n2)C1. The zero-order valence-corrected chi connectivity index (χ0v) is 16.8. The Kier molecular flexibility index (Phi) is 3.65. The number of nitrogens with zero attached hydrogens (tertiary/aromatic N) is 5. The smallest absolute Gasteiger partial charge is 0.224 e. The van der Waals surface area contributed by atoms with Gasteiger partial charge in [0.25, 0.3) is 0 Å². The highest BCUT2D eigenvalue weighted by Gasteiger charge is 2.48. The Hall–Kier alpha value is -3.42. The highest BCUT2D eigenvalue weighted by atomic mass is 16.2. The van der Waals surface area contributed by atoms with Crippen LogP contribution in [0.4, 0.5) is 5.95 Å². The van der Waals surface area contributed by atoms with Crippen LogP contribution in [0.25, 0.3) is 27.7 Å². The summed E-state index contributed by atoms with van der Waals surface area (Å²) in [6.07, 6.45) is 11.1. The molecular formula is C22H23N7O. The van der Waals surface area contributed by atoms with Gasteiger partial charge in [0.1, 0.15) is 5.65 Å². The minimum atomic E-state index is -0.0265. The van der Waals surface area contributed by atoms with E-state index in [1.807, 2.05) is 35.2 Å². The quantitative estimate of drug-likeness (QED) is 0.548. The first-order valence-electron chi connectivity index (χ1n) is 10.4. The van der Waals surface area contributed by atoms with Gasteiger partial charge in [0.05, 0.1) is 5.52 Å². The van der Waals surface area contributed by atoms with Crippen molar-refractivity contribution in [1.82, 2.24) is 29.5 Å². The van der Waals surface area contributed by atoms with Crippen LogP contribution in [0.3, 0.4) is 0 Å². The van der Waals surface area contributed by atoms with E-state index in [-0.39, 0.29) is 5.54 Å². The lowest BCUT2D eigenvalue weighted by Gasteiger charge is -2.51. The van der Waals surface area contributed by atoms with Crippen LogP contribution in [0.5, 0.6) is 0 Å². The van der Waals surface area contributed by atoms with Gasteiger partial charge in [-0.3, -0.25) is 4.79 Å². The fourth-order valence-electron chi connectivity index (χ4n) is 5.03. The Morgan fingerprint density at radius 1 is 1.30 bits per heavy atom. The molecule has 4 aromatic rings. The van der Waals surface area contributed by atoms with Crippen molar-refractivity contribution >= 4 is 28.4 Å². The molecule has 0 spiro atoms. The molecule has 8 nitrogen and oxygen atoms in total. The lowest BCUT2D eigenvalue weighted by Crippen LogP contribution is -2.59. The lowest BCUT2D eigenvalue weighted by molar-refractivity contribution is -0.136. The van der Waals surface area contributed by atoms with Crippen molar-refractivity contribution < 1.29 is 4.79 Å². The van der Waals surface area contributed by atoms with E-state index < -0.39 is 0 Å². The largest absolute Gasteiger partial charge is 0.351 e. The minimum Gasteiger partial charge on any atom is -0.351 e. The summed E-state index contributed by atoms with van der Waals surface area (Å²) < 4.78 is 1.85. The Labute approximate surface area is 173 Å². The average molecular weight is 401 g/mol. The number of nitrogens with one attached hydrogen (secondary N) is 2. The van der Waals surface area contributed by atoms with Crippen LogP contribution < -0.4 is 5.32 Å². The molecule has 4 aromatic heterocycles. The molecule has 1 aliphatic heterocycles. The molecule has 1 saturated heterocycles. The number of carbonyl (C=O) groups is 1. The van der Waals surface area contributed by atoms with Crippen molar-refractivity contribution in [3.63, 3.8) is 0 Å². The summed E-state index contributed by atoms with van der Waals surface area (Å²) >= 11 is 0. The predicted molar refractivity (Wildman–Crippen MR) is 114 cm³/mol. The number of fused-ring (bicyclic) bond motifs is 2. The van der Waals surface area contributed by atoms with E-state index in [4.69, 9.17) is 0 Å². The van der Waals surface area contributed by atoms with Crippen molar-refractivity contribution in [1.29, 1.82) is 0 Å². The van der Waals surface area contributed by atoms with Gasteiger partial charge >= 0.3 is 0 Å². The van der Waals surface area contributed by atoms with E-state index in [2.05, 4.69) is 43.3 Å². The molecule has 0 radical (unpaired) electrons. The van der Waals surface area contributed by atoms with Crippen LogP contribution >= 0.6 is 0 Å². The molecule has 1 aliphatic carbocycles. The van der Waals surface area contributed by atoms with Crippen LogP contribution in [0.1, 0.15) is 32.6 Å². The fraction of sp³-hybridized carbons (Fsp3) is 0.364. The summed E-state index contributed by atoms with van der Waals surface area (Å²) in [5.74, 6) is 0.920. The average Bonchev–Trinajstić information content (AvgIpc) is 3.44. The first kappa shape index (κ1) is 17.4. The van der Waals surface area contributed by atoms with Gasteiger partial charge in [0, 0.05) is 60.3 Å². The molecule has 8 heteroatoms. The molecule has 2 fully saturated rings. The highest BCUT2D eigenvalue weighted by molar-refractivity contribution is 5.94. The molecule has 5 heterocycles. The topological polar surface area (TPSA) is 91.2 Å². The number of amides is 1. The zero-order chi connectivity index (χ0) is 20.3. The predicted octanol–water partition coefficient (Wildman–Crippen LogP) is 3.23. The van der Waals surface area contributed by atoms with Crippen molar-refractivity contribution in [2.75, 3.05) is 11.9 Å². The van der Waals surface area contributed by atoms with Crippen LogP contribution in [-0.2, 0) is 4.79 Å². The number of anilines is 1. The van der Waals surface area contributed by atoms with Gasteiger partial charge < -0.3 is 15.2 Å². The van der Waals surface area contributed by atoms with Gasteiger partial charge in [-0.2, -0.15) is 10.1 Å². The molecule has 2 N–H and O–H groups in total. The maximum atomic E-state index is 12.1. The number of H-pyrrole nitrogens is 1. The number of carbonyl (C=O) groups excluding carboxylic acids is 1. The molecule has 0 aromatic carbocycles. The highest BCUT2D eigenvalue weighted by Crippen LogP contribution is 2.41. The fourth-order valence-corrected chi connectivity index (χ4v) is 5.03. The van der Waals surface area contributed by atoms with Crippen LogP contribution in [0.15, 0.2) is 43.0 Å². The van der Waals surface area contributed by atoms with E-state index in [0.717, 1.165) is 53.5 Å². The molecule has 152 valence electrons. The Balaban J connectivity index is 1.20. The van der Waals surface area contributed by atoms with E-state index in [1.165, 1.54) is 0 Å². The first-order valence-corrected chi connectivity index (χ1v) is 10.4. The number of hydrogen-bond acceptors (Lipinski definition) is 5. The number of pyridine rings is 1. The number of aromatic nitrogens is 5. The monoisotopic (exact) mass is 401 g/mol. The molecular weight excluding hydrogens is 378 g/mol. The third-order valence-electron chi connectivity index (χ3n) is 6.57. The van der Waals surface area contributed by atoms with E-state index in [0.29, 0.717) is 24.3 Å². The van der Waals surface area contributed by atoms with Gasteiger partial charge in [-0.25, -0.2) is 9.50 Å². The maximum Gasteiger partial charge on any atom is 0.224 e. The lowest BCUT2D eigenvalue weighted by atomic mass is 9.73. The summed E-state index contributed by atoms with van der Waals surface area (Å²) in [7, 11) is 0. The maximum absolute atomic E-state index is 12.1. The van der Waals surface area contributed by atoms with Crippen molar-refractivity contribution in [3.05, 3.63) is 43.0 Å². The zero-order valence-electron chi connectivity index (χ0n) is 16.8. The third kappa shape index (κ3) is 2.67.